The van der Waals surface area contributed by atoms with E-state index < -0.39 is 0 Å². The van der Waals surface area contributed by atoms with E-state index in [1.54, 1.807) is 0 Å². The lowest BCUT2D eigenvalue weighted by molar-refractivity contribution is 0.417. The molecule has 2 heterocycles. The Balaban J connectivity index is 1.56. The van der Waals surface area contributed by atoms with E-state index in [1.165, 1.54) is 10.9 Å². The fourth-order valence-corrected chi connectivity index (χ4v) is 4.03. The number of benzene rings is 2. The maximum absolute atomic E-state index is 6.25. The normalized spacial score (nSPS) is 10.9. The lowest BCUT2D eigenvalue weighted by atomic mass is 10.1. The SMILES string of the molecule is Cc1[nH]c2ccc(Cl)cc2c1CCN(Cc1ccccn1)C(=S)Nc1ccccc1. The average Bonchev–Trinajstić information content (AvgIpc) is 3.07. The van der Waals surface area contributed by atoms with Crippen LogP contribution in [-0.4, -0.2) is 26.5 Å². The number of pyridine rings is 1. The summed E-state index contributed by atoms with van der Waals surface area (Å²) in [6.45, 7) is 3.50. The summed E-state index contributed by atoms with van der Waals surface area (Å²) in [7, 11) is 0. The Morgan fingerprint density at radius 1 is 1.10 bits per heavy atom. The van der Waals surface area contributed by atoms with Crippen molar-refractivity contribution < 1.29 is 0 Å². The molecule has 0 saturated carbocycles. The molecule has 0 saturated heterocycles. The minimum atomic E-state index is 0.641. The van der Waals surface area contributed by atoms with Gasteiger partial charge in [0.05, 0.1) is 12.2 Å². The number of thiocarbonyl (C=S) groups is 1. The van der Waals surface area contributed by atoms with Crippen LogP contribution in [0.4, 0.5) is 5.69 Å². The van der Waals surface area contributed by atoms with E-state index in [2.05, 4.69) is 27.1 Å². The third kappa shape index (κ3) is 4.81. The van der Waals surface area contributed by atoms with Gasteiger partial charge in [0.15, 0.2) is 5.11 Å². The first kappa shape index (κ1) is 20.4. The van der Waals surface area contributed by atoms with Crippen molar-refractivity contribution in [2.45, 2.75) is 19.9 Å². The van der Waals surface area contributed by atoms with Gasteiger partial charge in [-0.3, -0.25) is 4.98 Å². The van der Waals surface area contributed by atoms with Crippen molar-refractivity contribution in [3.8, 4) is 0 Å². The van der Waals surface area contributed by atoms with E-state index in [1.807, 2.05) is 72.9 Å². The fourth-order valence-electron chi connectivity index (χ4n) is 3.59. The van der Waals surface area contributed by atoms with Crippen molar-refractivity contribution in [1.82, 2.24) is 14.9 Å². The Morgan fingerprint density at radius 2 is 1.90 bits per heavy atom. The molecular weight excluding hydrogens is 412 g/mol. The number of halogens is 1. The number of rotatable bonds is 6. The Bertz CT molecular complexity index is 1140. The molecule has 4 nitrogen and oxygen atoms in total. The molecule has 0 amide bonds. The summed E-state index contributed by atoms with van der Waals surface area (Å²) >= 11 is 12.0. The van der Waals surface area contributed by atoms with Crippen LogP contribution >= 0.6 is 23.8 Å². The summed E-state index contributed by atoms with van der Waals surface area (Å²) in [4.78, 5) is 10.1. The van der Waals surface area contributed by atoms with E-state index in [0.717, 1.165) is 40.6 Å². The van der Waals surface area contributed by atoms with Gasteiger partial charge in [-0.2, -0.15) is 0 Å². The zero-order chi connectivity index (χ0) is 20.9. The van der Waals surface area contributed by atoms with Gasteiger partial charge in [0, 0.05) is 40.0 Å². The Labute approximate surface area is 186 Å². The van der Waals surface area contributed by atoms with Gasteiger partial charge in [0.1, 0.15) is 0 Å². The van der Waals surface area contributed by atoms with Crippen LogP contribution in [0.1, 0.15) is 17.0 Å². The van der Waals surface area contributed by atoms with Gasteiger partial charge in [0.2, 0.25) is 0 Å². The molecule has 0 bridgehead atoms. The zero-order valence-corrected chi connectivity index (χ0v) is 18.3. The summed E-state index contributed by atoms with van der Waals surface area (Å²) < 4.78 is 0. The molecular formula is C24H23ClN4S. The number of nitrogens with zero attached hydrogens (tertiary/aromatic N) is 2. The molecule has 30 heavy (non-hydrogen) atoms. The molecule has 0 spiro atoms. The molecule has 6 heteroatoms. The van der Waals surface area contributed by atoms with Crippen LogP contribution in [-0.2, 0) is 13.0 Å². The van der Waals surface area contributed by atoms with Crippen LogP contribution in [0.25, 0.3) is 10.9 Å². The third-order valence-corrected chi connectivity index (χ3v) is 5.70. The highest BCUT2D eigenvalue weighted by Gasteiger charge is 2.15. The summed E-state index contributed by atoms with van der Waals surface area (Å²) in [5.74, 6) is 0. The second-order valence-corrected chi connectivity index (χ2v) is 8.03. The first-order valence-electron chi connectivity index (χ1n) is 9.88. The number of nitrogens with one attached hydrogen (secondary N) is 2. The number of hydrogen-bond acceptors (Lipinski definition) is 2. The van der Waals surface area contributed by atoms with Crippen molar-refractivity contribution in [2.75, 3.05) is 11.9 Å². The average molecular weight is 435 g/mol. The molecule has 0 fully saturated rings. The van der Waals surface area contributed by atoms with Crippen LogP contribution < -0.4 is 5.32 Å². The van der Waals surface area contributed by atoms with Gasteiger partial charge in [-0.05, 0) is 73.6 Å². The van der Waals surface area contributed by atoms with E-state index in [4.69, 9.17) is 23.8 Å². The first-order chi connectivity index (χ1) is 14.6. The van der Waals surface area contributed by atoms with Crippen LogP contribution in [0.2, 0.25) is 5.02 Å². The van der Waals surface area contributed by atoms with Crippen molar-refractivity contribution >= 4 is 45.5 Å². The lowest BCUT2D eigenvalue weighted by Gasteiger charge is -2.26. The number of fused-ring (bicyclic) bond motifs is 1. The van der Waals surface area contributed by atoms with E-state index in [0.29, 0.717) is 11.7 Å². The second kappa shape index (κ2) is 9.28. The minimum Gasteiger partial charge on any atom is -0.358 e. The topological polar surface area (TPSA) is 44.0 Å². The number of aromatic nitrogens is 2. The van der Waals surface area contributed by atoms with Gasteiger partial charge in [0.25, 0.3) is 0 Å². The molecule has 4 aromatic rings. The molecule has 0 atom stereocenters. The number of para-hydroxylation sites is 1. The number of aryl methyl sites for hydroxylation is 1. The highest BCUT2D eigenvalue weighted by molar-refractivity contribution is 7.80. The van der Waals surface area contributed by atoms with Crippen LogP contribution in [0, 0.1) is 6.92 Å². The van der Waals surface area contributed by atoms with Gasteiger partial charge >= 0.3 is 0 Å². The van der Waals surface area contributed by atoms with Crippen molar-refractivity contribution in [3.63, 3.8) is 0 Å². The largest absolute Gasteiger partial charge is 0.358 e. The highest BCUT2D eigenvalue weighted by atomic mass is 35.5. The number of anilines is 1. The zero-order valence-electron chi connectivity index (χ0n) is 16.7. The third-order valence-electron chi connectivity index (χ3n) is 5.10. The minimum absolute atomic E-state index is 0.641. The number of hydrogen-bond donors (Lipinski definition) is 2. The molecule has 0 radical (unpaired) electrons. The van der Waals surface area contributed by atoms with Crippen molar-refractivity contribution in [1.29, 1.82) is 0 Å². The van der Waals surface area contributed by atoms with Gasteiger partial charge in [-0.1, -0.05) is 35.9 Å². The van der Waals surface area contributed by atoms with Gasteiger partial charge in [-0.15, -0.1) is 0 Å². The second-order valence-electron chi connectivity index (χ2n) is 7.21. The summed E-state index contributed by atoms with van der Waals surface area (Å²) in [5, 5.41) is 5.95. The van der Waals surface area contributed by atoms with Crippen LogP contribution in [0.3, 0.4) is 0 Å². The molecule has 2 aromatic heterocycles. The molecule has 0 unspecified atom stereocenters. The Kier molecular flexibility index (Phi) is 6.31. The summed E-state index contributed by atoms with van der Waals surface area (Å²) in [6, 6.07) is 21.9. The van der Waals surface area contributed by atoms with Gasteiger partial charge in [-0.25, -0.2) is 0 Å². The summed E-state index contributed by atoms with van der Waals surface area (Å²) in [6.07, 6.45) is 2.66. The molecule has 2 aromatic carbocycles. The van der Waals surface area contributed by atoms with E-state index in [9.17, 15) is 0 Å². The van der Waals surface area contributed by atoms with E-state index >= 15 is 0 Å². The van der Waals surface area contributed by atoms with Crippen LogP contribution in [0.5, 0.6) is 0 Å². The van der Waals surface area contributed by atoms with Gasteiger partial charge < -0.3 is 15.2 Å². The first-order valence-corrected chi connectivity index (χ1v) is 10.7. The lowest BCUT2D eigenvalue weighted by Crippen LogP contribution is -2.36. The van der Waals surface area contributed by atoms with Crippen LogP contribution in [0.15, 0.2) is 72.9 Å². The van der Waals surface area contributed by atoms with E-state index in [-0.39, 0.29) is 0 Å². The molecule has 2 N–H and O–H groups in total. The fraction of sp³-hybridized carbons (Fsp3) is 0.167. The predicted molar refractivity (Wildman–Crippen MR) is 129 cm³/mol. The maximum atomic E-state index is 6.25. The molecule has 0 aliphatic rings. The van der Waals surface area contributed by atoms with Crippen molar-refractivity contribution in [3.05, 3.63) is 94.9 Å². The number of aromatic amines is 1. The summed E-state index contributed by atoms with van der Waals surface area (Å²) in [5.41, 5.74) is 5.48. The Hall–Kier alpha value is -2.89. The quantitative estimate of drug-likeness (QED) is 0.367. The predicted octanol–water partition coefficient (Wildman–Crippen LogP) is 5.97. The Morgan fingerprint density at radius 3 is 2.67 bits per heavy atom. The molecule has 0 aliphatic carbocycles. The maximum Gasteiger partial charge on any atom is 0.173 e. The highest BCUT2D eigenvalue weighted by Crippen LogP contribution is 2.26. The monoisotopic (exact) mass is 434 g/mol. The molecule has 0 aliphatic heterocycles. The molecule has 152 valence electrons. The molecule has 4 rings (SSSR count). The number of H-pyrrole nitrogens is 1. The smallest absolute Gasteiger partial charge is 0.173 e. The standard InChI is InChI=1S/C24H23ClN4S/c1-17-21(22-15-18(25)10-11-23(22)27-17)12-14-29(16-20-9-5-6-13-26-20)24(30)28-19-7-3-2-4-8-19/h2-11,13,15,27H,12,14,16H2,1H3,(H,28,30). The van der Waals surface area contributed by atoms with Crippen molar-refractivity contribution in [2.24, 2.45) is 0 Å².